The first-order valence-corrected chi connectivity index (χ1v) is 10.0. The fourth-order valence-electron chi connectivity index (χ4n) is 2.70. The molecule has 1 N–H and O–H groups in total. The molecule has 28 heavy (non-hydrogen) atoms. The Bertz CT molecular complexity index is 1300. The van der Waals surface area contributed by atoms with Gasteiger partial charge in [-0.15, -0.1) is 5.10 Å². The number of hydrogen-bond donors (Lipinski definition) is 1. The molecule has 0 aliphatic carbocycles. The van der Waals surface area contributed by atoms with Crippen molar-refractivity contribution in [1.29, 1.82) is 0 Å². The summed E-state index contributed by atoms with van der Waals surface area (Å²) in [5.41, 5.74) is 1.61. The Kier molecular flexibility index (Phi) is 4.58. The maximum Gasteiger partial charge on any atom is 0.280 e. The number of fused-ring (bicyclic) bond motifs is 1. The Labute approximate surface area is 165 Å². The lowest BCUT2D eigenvalue weighted by atomic mass is 10.2. The van der Waals surface area contributed by atoms with Crippen molar-refractivity contribution in [2.75, 3.05) is 4.72 Å². The highest BCUT2D eigenvalue weighted by atomic mass is 35.5. The van der Waals surface area contributed by atoms with E-state index in [1.54, 1.807) is 42.5 Å². The van der Waals surface area contributed by atoms with Crippen molar-refractivity contribution in [1.82, 2.24) is 15.0 Å². The van der Waals surface area contributed by atoms with Gasteiger partial charge in [-0.05, 0) is 48.5 Å². The zero-order valence-corrected chi connectivity index (χ0v) is 15.9. The molecular weight excluding hydrogens is 400 g/mol. The first kappa shape index (κ1) is 18.1. The molecule has 0 aliphatic rings. The number of nitrogens with zero attached hydrogens (tertiary/aromatic N) is 3. The molecule has 0 spiro atoms. The van der Waals surface area contributed by atoms with E-state index in [9.17, 15) is 13.2 Å². The third-order valence-corrected chi connectivity index (χ3v) is 5.63. The monoisotopic (exact) mass is 412 g/mol. The molecule has 0 unspecified atom stereocenters. The lowest BCUT2D eigenvalue weighted by molar-refractivity contribution is 0.0948. The predicted octanol–water partition coefficient (Wildman–Crippen LogP) is 3.57. The van der Waals surface area contributed by atoms with E-state index in [-0.39, 0.29) is 10.5 Å². The molecule has 4 rings (SSSR count). The van der Waals surface area contributed by atoms with Gasteiger partial charge >= 0.3 is 0 Å². The first-order chi connectivity index (χ1) is 13.4. The van der Waals surface area contributed by atoms with Crippen molar-refractivity contribution in [3.05, 3.63) is 83.4 Å². The topological polar surface area (TPSA) is 94.0 Å². The normalized spacial score (nSPS) is 11.5. The number of rotatable bonds is 4. The Morgan fingerprint density at radius 1 is 0.964 bits per heavy atom. The van der Waals surface area contributed by atoms with E-state index >= 15 is 0 Å². The number of anilines is 1. The van der Waals surface area contributed by atoms with Gasteiger partial charge in [0, 0.05) is 10.6 Å². The fourth-order valence-corrected chi connectivity index (χ4v) is 3.99. The minimum absolute atomic E-state index is 0.0530. The summed E-state index contributed by atoms with van der Waals surface area (Å²) in [6, 6.07) is 19.1. The molecule has 0 saturated heterocycles. The molecule has 0 atom stereocenters. The van der Waals surface area contributed by atoms with Crippen LogP contribution in [0.1, 0.15) is 10.4 Å². The Morgan fingerprint density at radius 2 is 1.75 bits per heavy atom. The van der Waals surface area contributed by atoms with Crippen molar-refractivity contribution < 1.29 is 13.2 Å². The first-order valence-electron chi connectivity index (χ1n) is 8.18. The second-order valence-electron chi connectivity index (χ2n) is 5.94. The second kappa shape index (κ2) is 7.06. The molecule has 1 aromatic heterocycles. The van der Waals surface area contributed by atoms with Crippen LogP contribution >= 0.6 is 11.6 Å². The van der Waals surface area contributed by atoms with Crippen LogP contribution in [0.5, 0.6) is 0 Å². The van der Waals surface area contributed by atoms with Crippen molar-refractivity contribution in [3.8, 4) is 0 Å². The van der Waals surface area contributed by atoms with Gasteiger partial charge in [-0.25, -0.2) is 8.42 Å². The maximum absolute atomic E-state index is 12.8. The van der Waals surface area contributed by atoms with E-state index in [4.69, 9.17) is 11.6 Å². The summed E-state index contributed by atoms with van der Waals surface area (Å²) in [7, 11) is -3.90. The number of para-hydroxylation sites is 1. The van der Waals surface area contributed by atoms with Crippen molar-refractivity contribution in [2.45, 2.75) is 4.90 Å². The van der Waals surface area contributed by atoms with E-state index in [0.29, 0.717) is 21.7 Å². The molecule has 9 heteroatoms. The third-order valence-electron chi connectivity index (χ3n) is 4.01. The minimum Gasteiger partial charge on any atom is -0.280 e. The molecule has 0 amide bonds. The number of nitrogens with one attached hydrogen (secondary N) is 1. The lowest BCUT2D eigenvalue weighted by Gasteiger charge is -2.09. The summed E-state index contributed by atoms with van der Waals surface area (Å²) in [5.74, 6) is -0.478. The zero-order chi connectivity index (χ0) is 19.7. The summed E-state index contributed by atoms with van der Waals surface area (Å²) in [6.45, 7) is 0. The molecule has 0 radical (unpaired) electrons. The van der Waals surface area contributed by atoms with Crippen LogP contribution in [-0.2, 0) is 10.0 Å². The van der Waals surface area contributed by atoms with Gasteiger partial charge in [0.15, 0.2) is 0 Å². The van der Waals surface area contributed by atoms with Gasteiger partial charge in [0.2, 0.25) is 0 Å². The van der Waals surface area contributed by atoms with E-state index in [2.05, 4.69) is 15.0 Å². The second-order valence-corrected chi connectivity index (χ2v) is 8.06. The third kappa shape index (κ3) is 3.47. The number of benzene rings is 3. The molecule has 3 aromatic carbocycles. The molecule has 4 aromatic rings. The molecular formula is C19H13ClN4O3S. The Balaban J connectivity index is 1.68. The molecule has 7 nitrogen and oxygen atoms in total. The minimum atomic E-state index is -3.90. The van der Waals surface area contributed by atoms with Gasteiger partial charge < -0.3 is 0 Å². The van der Waals surface area contributed by atoms with Gasteiger partial charge in [-0.1, -0.05) is 41.1 Å². The lowest BCUT2D eigenvalue weighted by Crippen LogP contribution is -2.16. The number of hydrogen-bond acceptors (Lipinski definition) is 5. The number of carbonyl (C=O) groups excluding carboxylic acids is 1. The van der Waals surface area contributed by atoms with Crippen molar-refractivity contribution >= 4 is 44.3 Å². The molecule has 0 fully saturated rings. The number of halogens is 1. The van der Waals surface area contributed by atoms with Gasteiger partial charge in [0.25, 0.3) is 15.9 Å². The van der Waals surface area contributed by atoms with E-state index < -0.39 is 15.9 Å². The summed E-state index contributed by atoms with van der Waals surface area (Å²) in [4.78, 5) is 12.8. The van der Waals surface area contributed by atoms with Gasteiger partial charge in [-0.3, -0.25) is 9.52 Å². The average Bonchev–Trinajstić information content (AvgIpc) is 3.11. The molecule has 0 bridgehead atoms. The van der Waals surface area contributed by atoms with Crippen LogP contribution in [0.15, 0.2) is 77.7 Å². The summed E-state index contributed by atoms with van der Waals surface area (Å²) in [5, 5.41) is 8.23. The number of sulfonamides is 1. The Morgan fingerprint density at radius 3 is 2.57 bits per heavy atom. The van der Waals surface area contributed by atoms with Crippen LogP contribution in [0.3, 0.4) is 0 Å². The van der Waals surface area contributed by atoms with E-state index in [1.807, 2.05) is 0 Å². The van der Waals surface area contributed by atoms with Crippen LogP contribution in [0.4, 0.5) is 5.69 Å². The largest absolute Gasteiger partial charge is 0.280 e. The number of carbonyl (C=O) groups is 1. The average molecular weight is 413 g/mol. The Hall–Kier alpha value is -3.23. The molecule has 140 valence electrons. The zero-order valence-electron chi connectivity index (χ0n) is 14.3. The summed E-state index contributed by atoms with van der Waals surface area (Å²) < 4.78 is 29.0. The SMILES string of the molecule is O=C(c1cccc(S(=O)(=O)Nc2cccc(Cl)c2)c1)n1nnc2ccccc21. The highest BCUT2D eigenvalue weighted by molar-refractivity contribution is 7.92. The highest BCUT2D eigenvalue weighted by Crippen LogP contribution is 2.21. The van der Waals surface area contributed by atoms with Crippen LogP contribution in [0, 0.1) is 0 Å². The van der Waals surface area contributed by atoms with E-state index in [0.717, 1.165) is 4.68 Å². The van der Waals surface area contributed by atoms with Gasteiger partial charge in [0.05, 0.1) is 16.1 Å². The van der Waals surface area contributed by atoms with Crippen LogP contribution in [0.2, 0.25) is 5.02 Å². The van der Waals surface area contributed by atoms with Crippen LogP contribution < -0.4 is 4.72 Å². The molecule has 0 saturated carbocycles. The summed E-state index contributed by atoms with van der Waals surface area (Å²) in [6.07, 6.45) is 0. The summed E-state index contributed by atoms with van der Waals surface area (Å²) >= 11 is 5.90. The predicted molar refractivity (Wildman–Crippen MR) is 106 cm³/mol. The van der Waals surface area contributed by atoms with Crippen LogP contribution in [-0.4, -0.2) is 29.3 Å². The highest BCUT2D eigenvalue weighted by Gasteiger charge is 2.19. The molecule has 1 heterocycles. The maximum atomic E-state index is 12.8. The standard InChI is InChI=1S/C19H13ClN4O3S/c20-14-6-4-7-15(12-14)22-28(26,27)16-8-3-5-13(11-16)19(25)24-18-10-2-1-9-17(18)21-23-24/h1-12,22H. The van der Waals surface area contributed by atoms with E-state index in [1.165, 1.54) is 30.3 Å². The van der Waals surface area contributed by atoms with Crippen molar-refractivity contribution in [3.63, 3.8) is 0 Å². The number of aromatic nitrogens is 3. The fraction of sp³-hybridized carbons (Fsp3) is 0. The smallest absolute Gasteiger partial charge is 0.280 e. The van der Waals surface area contributed by atoms with Crippen LogP contribution in [0.25, 0.3) is 11.0 Å². The van der Waals surface area contributed by atoms with Crippen molar-refractivity contribution in [2.24, 2.45) is 0 Å². The van der Waals surface area contributed by atoms with Gasteiger partial charge in [-0.2, -0.15) is 4.68 Å². The quantitative estimate of drug-likeness (QED) is 0.553. The molecule has 0 aliphatic heterocycles. The van der Waals surface area contributed by atoms with Gasteiger partial charge in [0.1, 0.15) is 5.52 Å².